The second-order valence-electron chi connectivity index (χ2n) is 9.86. The first kappa shape index (κ1) is 54.2. The maximum atomic E-state index is 14.2. The zero-order valence-corrected chi connectivity index (χ0v) is 24.4. The van der Waals surface area contributed by atoms with Crippen molar-refractivity contribution in [3.05, 3.63) is 0 Å². The molecule has 0 aromatic heterocycles. The van der Waals surface area contributed by atoms with Crippen LogP contribution in [0.2, 0.25) is 0 Å². The number of azo groups is 1. The Morgan fingerprint density at radius 2 is 0.397 bits per heavy atom. The second kappa shape index (κ2) is 13.9. The van der Waals surface area contributed by atoms with E-state index in [1.165, 1.54) is 0 Å². The molecule has 40 heteroatoms. The van der Waals surface area contributed by atoms with Gasteiger partial charge in [0.1, 0.15) is 0 Å². The van der Waals surface area contributed by atoms with Crippen LogP contribution in [0.1, 0.15) is 0 Å². The first-order valence-electron chi connectivity index (χ1n) is 11.8. The highest BCUT2D eigenvalue weighted by Crippen LogP contribution is 2.66. The molecule has 2 unspecified atom stereocenters. The number of halogens is 34. The summed E-state index contributed by atoms with van der Waals surface area (Å²) < 4.78 is 451. The van der Waals surface area contributed by atoms with Gasteiger partial charge in [-0.15, -0.1) is 0 Å². The summed E-state index contributed by atoms with van der Waals surface area (Å²) in [6.45, 7) is 0. The van der Waals surface area contributed by atoms with Crippen LogP contribution < -0.4 is 0 Å². The van der Waals surface area contributed by atoms with Gasteiger partial charge in [-0.3, -0.25) is 0 Å². The Morgan fingerprint density at radius 1 is 0.241 bits per heavy atom. The summed E-state index contributed by atoms with van der Waals surface area (Å²) in [5.41, 5.74) is 0. The first-order chi connectivity index (χ1) is 24.5. The average molecular weight is 954 g/mol. The summed E-state index contributed by atoms with van der Waals surface area (Å²) in [7, 11) is 0. The van der Waals surface area contributed by atoms with E-state index >= 15 is 0 Å². The quantitative estimate of drug-likeness (QED) is 0.144. The molecule has 0 radical (unpaired) electrons. The van der Waals surface area contributed by atoms with Crippen molar-refractivity contribution in [3.63, 3.8) is 0 Å². The third-order valence-corrected chi connectivity index (χ3v) is 6.07. The summed E-state index contributed by atoms with van der Waals surface area (Å²) in [4.78, 5) is 22.2. The van der Waals surface area contributed by atoms with E-state index in [2.05, 4.69) is 0 Å². The fourth-order valence-electron chi connectivity index (χ4n) is 2.91. The van der Waals surface area contributed by atoms with Crippen LogP contribution >= 0.6 is 0 Å². The number of hydrogen-bond donors (Lipinski definition) is 0. The van der Waals surface area contributed by atoms with Crippen molar-refractivity contribution in [2.24, 2.45) is 10.2 Å². The van der Waals surface area contributed by atoms with Crippen molar-refractivity contribution in [2.75, 3.05) is 0 Å². The van der Waals surface area contributed by atoms with Crippen LogP contribution in [-0.4, -0.2) is 108 Å². The van der Waals surface area contributed by atoms with Gasteiger partial charge < -0.3 is 9.47 Å². The molecule has 0 spiro atoms. The Bertz CT molecular complexity index is 1450. The summed E-state index contributed by atoms with van der Waals surface area (Å²) in [6.07, 6.45) is -43.0. The number of alkyl halides is 34. The highest BCUT2D eigenvalue weighted by Gasteiger charge is 2.98. The van der Waals surface area contributed by atoms with Crippen molar-refractivity contribution < 1.29 is 168 Å². The number of carbonyl (C=O) groups excluding carboxylic acids is 2. The minimum Gasteiger partial charge on any atom is -0.395 e. The Balaban J connectivity index is 7.25. The molecule has 0 aliphatic carbocycles. The first-order valence-corrected chi connectivity index (χ1v) is 11.8. The smallest absolute Gasteiger partial charge is 0.395 e. The molecule has 0 bridgehead atoms. The molecule has 2 atom stereocenters. The maximum absolute atomic E-state index is 14.2. The van der Waals surface area contributed by atoms with Crippen molar-refractivity contribution >= 4 is 12.2 Å². The lowest BCUT2D eigenvalue weighted by Gasteiger charge is -2.43. The minimum absolute atomic E-state index is 0.566. The van der Waals surface area contributed by atoms with Crippen LogP contribution in [0.3, 0.4) is 0 Å². The standard InChI is InChI=1S/C18F34N2O4/c19-3(20,7(27,28)11(35,36)15(41,42)43)5(23,24)9(31,32)13(39,17(47,48)49)57-1(55)53-54-2(56)58-14(40,18(50,51)52)10(33,34)6(25,26)4(21,22)8(29,30)12(37,38)16(44,45)46. The Labute approximate surface area is 288 Å². The lowest BCUT2D eigenvalue weighted by molar-refractivity contribution is -0.476. The van der Waals surface area contributed by atoms with E-state index in [9.17, 15) is 159 Å². The Hall–Kier alpha value is -3.84. The number of rotatable bonds is 12. The summed E-state index contributed by atoms with van der Waals surface area (Å²) in [5, 5.41) is 1.13. The predicted octanol–water partition coefficient (Wildman–Crippen LogP) is 11.6. The second-order valence-corrected chi connectivity index (χ2v) is 9.86. The van der Waals surface area contributed by atoms with Gasteiger partial charge in [0.05, 0.1) is 0 Å². The van der Waals surface area contributed by atoms with Gasteiger partial charge in [-0.1, -0.05) is 10.2 Å². The molecule has 0 fully saturated rings. The molecule has 0 saturated carbocycles. The number of carbonyl (C=O) groups is 2. The Morgan fingerprint density at radius 3 is 0.552 bits per heavy atom. The summed E-state index contributed by atoms with van der Waals surface area (Å²) in [5.74, 6) is -109. The monoisotopic (exact) mass is 954 g/mol. The van der Waals surface area contributed by atoms with Crippen molar-refractivity contribution in [2.45, 2.75) is 95.6 Å². The van der Waals surface area contributed by atoms with E-state index in [4.69, 9.17) is 0 Å². The number of ether oxygens (including phenoxy) is 2. The normalized spacial score (nSPS) is 18.2. The molecule has 0 N–H and O–H groups in total. The van der Waals surface area contributed by atoms with E-state index in [0.29, 0.717) is 10.2 Å². The van der Waals surface area contributed by atoms with Gasteiger partial charge in [0.2, 0.25) is 0 Å². The molecule has 0 aromatic rings. The fraction of sp³-hybridized carbons (Fsp3) is 0.889. The molecule has 0 rings (SSSR count). The van der Waals surface area contributed by atoms with Gasteiger partial charge in [-0.25, -0.2) is 9.59 Å². The van der Waals surface area contributed by atoms with Crippen LogP contribution in [-0.2, 0) is 9.47 Å². The van der Waals surface area contributed by atoms with E-state index in [1.54, 1.807) is 9.47 Å². The van der Waals surface area contributed by atoms with Gasteiger partial charge >= 0.3 is 108 Å². The summed E-state index contributed by atoms with van der Waals surface area (Å²) >= 11 is 0. The van der Waals surface area contributed by atoms with Gasteiger partial charge in [0, 0.05) is 0 Å². The van der Waals surface area contributed by atoms with Crippen molar-refractivity contribution in [1.82, 2.24) is 0 Å². The largest absolute Gasteiger partial charge is 0.467 e. The zero-order valence-electron chi connectivity index (χ0n) is 24.4. The molecule has 0 aliphatic heterocycles. The van der Waals surface area contributed by atoms with Gasteiger partial charge in [0.15, 0.2) is 0 Å². The average Bonchev–Trinajstić information content (AvgIpc) is 2.96. The highest BCUT2D eigenvalue weighted by atomic mass is 19.5. The lowest BCUT2D eigenvalue weighted by Crippen LogP contribution is -2.75. The predicted molar refractivity (Wildman–Crippen MR) is 99.2 cm³/mol. The molecule has 0 saturated heterocycles. The van der Waals surface area contributed by atoms with E-state index in [0.717, 1.165) is 0 Å². The third-order valence-electron chi connectivity index (χ3n) is 6.07. The molecule has 0 aliphatic rings. The van der Waals surface area contributed by atoms with Crippen LogP contribution in [0.25, 0.3) is 0 Å². The topological polar surface area (TPSA) is 77.3 Å². The van der Waals surface area contributed by atoms with E-state index in [-0.39, 0.29) is 0 Å². The van der Waals surface area contributed by atoms with Crippen molar-refractivity contribution in [1.29, 1.82) is 0 Å². The molecule has 0 aromatic carbocycles. The van der Waals surface area contributed by atoms with Crippen LogP contribution in [0.4, 0.5) is 159 Å². The molecule has 0 heterocycles. The zero-order chi connectivity index (χ0) is 48.0. The molecule has 2 amide bonds. The number of hydrogen-bond acceptors (Lipinski definition) is 4. The lowest BCUT2D eigenvalue weighted by atomic mass is 9.90. The molecule has 344 valence electrons. The van der Waals surface area contributed by atoms with Gasteiger partial charge in [-0.2, -0.15) is 149 Å². The Kier molecular flexibility index (Phi) is 12.9. The molecular weight excluding hydrogens is 954 g/mol. The van der Waals surface area contributed by atoms with Crippen LogP contribution in [0.15, 0.2) is 10.2 Å². The molecular formula is C18F34N2O4. The highest BCUT2D eigenvalue weighted by molar-refractivity contribution is 5.73. The molecule has 58 heavy (non-hydrogen) atoms. The number of nitrogens with zero attached hydrogens (tertiary/aromatic N) is 2. The van der Waals surface area contributed by atoms with Gasteiger partial charge in [0.25, 0.3) is 0 Å². The van der Waals surface area contributed by atoms with E-state index in [1.807, 2.05) is 0 Å². The fourth-order valence-corrected chi connectivity index (χ4v) is 2.91. The number of amides is 2. The maximum Gasteiger partial charge on any atom is 0.467 e. The van der Waals surface area contributed by atoms with E-state index < -0.39 is 108 Å². The van der Waals surface area contributed by atoms with Crippen LogP contribution in [0, 0.1) is 0 Å². The minimum atomic E-state index is -9.43. The van der Waals surface area contributed by atoms with Gasteiger partial charge in [-0.05, 0) is 0 Å². The van der Waals surface area contributed by atoms with Crippen LogP contribution in [0.5, 0.6) is 0 Å². The van der Waals surface area contributed by atoms with Crippen molar-refractivity contribution in [3.8, 4) is 0 Å². The summed E-state index contributed by atoms with van der Waals surface area (Å²) in [6, 6.07) is 0. The SMILES string of the molecule is O=C(N=NC(=O)OC(F)(C(F)(F)F)C(F)(F)C(F)(F)C(F)(F)C(F)(F)C(F)(F)C(F)(F)F)OC(F)(C(F)(F)F)C(F)(F)C(F)(F)C(F)(F)C(F)(F)C(F)(F)C(F)(F)F. The molecule has 6 nitrogen and oxygen atoms in total. The third kappa shape index (κ3) is 7.26.